The van der Waals surface area contributed by atoms with E-state index in [1.54, 1.807) is 0 Å². The van der Waals surface area contributed by atoms with Gasteiger partial charge in [-0.25, -0.2) is 5.10 Å². The molecule has 3 N–H and O–H groups in total. The number of hydrogen-bond acceptors (Lipinski definition) is 6. The molecule has 0 atom stereocenters. The summed E-state index contributed by atoms with van der Waals surface area (Å²) in [5.74, 6) is 1.08. The van der Waals surface area contributed by atoms with E-state index in [1.165, 1.54) is 29.1 Å². The van der Waals surface area contributed by atoms with Crippen molar-refractivity contribution in [3.8, 4) is 17.2 Å². The van der Waals surface area contributed by atoms with Gasteiger partial charge in [0.05, 0.1) is 6.21 Å². The summed E-state index contributed by atoms with van der Waals surface area (Å²) in [6.45, 7) is 0.177. The first-order valence-electron chi connectivity index (χ1n) is 7.04. The van der Waals surface area contributed by atoms with Gasteiger partial charge in [-0.3, -0.25) is 0 Å². The lowest BCUT2D eigenvalue weighted by molar-refractivity contribution is 0.290. The second kappa shape index (κ2) is 6.97. The van der Waals surface area contributed by atoms with Gasteiger partial charge in [-0.05, 0) is 36.5 Å². The van der Waals surface area contributed by atoms with Crippen LogP contribution in [0.15, 0.2) is 53.6 Å². The standard InChI is InChI=1S/C16H14N4O3S/c21-12-7-6-11(14(22)8-12)9-17-20-15(18-19-16(20)24)10-23-13-4-2-1-3-5-13/h1-9,21-22H,10H2,(H,19,24)/b17-9-. The summed E-state index contributed by atoms with van der Waals surface area (Å²) < 4.78 is 7.34. The summed E-state index contributed by atoms with van der Waals surface area (Å²) in [5, 5.41) is 30.0. The van der Waals surface area contributed by atoms with Crippen molar-refractivity contribution in [1.29, 1.82) is 0 Å². The van der Waals surface area contributed by atoms with E-state index in [-0.39, 0.29) is 18.1 Å². The molecule has 0 saturated heterocycles. The van der Waals surface area contributed by atoms with Crippen LogP contribution in [0.5, 0.6) is 17.2 Å². The van der Waals surface area contributed by atoms with Crippen LogP contribution in [0.4, 0.5) is 0 Å². The Bertz CT molecular complexity index is 919. The molecule has 0 spiro atoms. The number of ether oxygens (including phenoxy) is 1. The van der Waals surface area contributed by atoms with Crippen molar-refractivity contribution >= 4 is 18.4 Å². The minimum absolute atomic E-state index is 0.0264. The van der Waals surface area contributed by atoms with Gasteiger partial charge in [-0.1, -0.05) is 18.2 Å². The number of phenolic OH excluding ortho intramolecular Hbond substituents is 2. The van der Waals surface area contributed by atoms with Gasteiger partial charge in [0.15, 0.2) is 5.82 Å². The second-order valence-corrected chi connectivity index (χ2v) is 5.23. The van der Waals surface area contributed by atoms with E-state index in [4.69, 9.17) is 17.0 Å². The van der Waals surface area contributed by atoms with Crippen LogP contribution in [0.2, 0.25) is 0 Å². The number of para-hydroxylation sites is 1. The Labute approximate surface area is 142 Å². The number of hydrogen-bond donors (Lipinski definition) is 3. The Kier molecular flexibility index (Phi) is 4.57. The normalized spacial score (nSPS) is 11.0. The van der Waals surface area contributed by atoms with E-state index in [0.29, 0.717) is 21.9 Å². The summed E-state index contributed by atoms with van der Waals surface area (Å²) in [5.41, 5.74) is 0.436. The molecule has 0 aliphatic carbocycles. The van der Waals surface area contributed by atoms with Crippen LogP contribution < -0.4 is 4.74 Å². The van der Waals surface area contributed by atoms with E-state index < -0.39 is 0 Å². The molecule has 0 saturated carbocycles. The van der Waals surface area contributed by atoms with Crippen LogP contribution in [-0.4, -0.2) is 31.3 Å². The molecular weight excluding hydrogens is 328 g/mol. The van der Waals surface area contributed by atoms with Crippen molar-refractivity contribution in [2.75, 3.05) is 0 Å². The molecule has 2 aromatic carbocycles. The first kappa shape index (κ1) is 15.8. The van der Waals surface area contributed by atoms with Crippen LogP contribution in [0.1, 0.15) is 11.4 Å². The monoisotopic (exact) mass is 342 g/mol. The van der Waals surface area contributed by atoms with E-state index in [1.807, 2.05) is 30.3 Å². The molecule has 1 heterocycles. The number of rotatable bonds is 5. The van der Waals surface area contributed by atoms with Crippen molar-refractivity contribution in [1.82, 2.24) is 14.9 Å². The highest BCUT2D eigenvalue weighted by Gasteiger charge is 2.07. The third kappa shape index (κ3) is 3.61. The number of H-pyrrole nitrogens is 1. The van der Waals surface area contributed by atoms with Crippen LogP contribution in [0.25, 0.3) is 0 Å². The molecule has 1 aromatic heterocycles. The third-order valence-corrected chi connectivity index (χ3v) is 3.42. The number of phenols is 2. The number of benzene rings is 2. The maximum absolute atomic E-state index is 9.78. The Morgan fingerprint density at radius 3 is 2.75 bits per heavy atom. The molecule has 0 unspecified atom stereocenters. The van der Waals surface area contributed by atoms with Gasteiger partial charge in [0.2, 0.25) is 4.77 Å². The quantitative estimate of drug-likeness (QED) is 0.489. The molecular formula is C16H14N4O3S. The van der Waals surface area contributed by atoms with E-state index in [9.17, 15) is 10.2 Å². The van der Waals surface area contributed by atoms with Gasteiger partial charge < -0.3 is 14.9 Å². The Balaban J connectivity index is 1.79. The van der Waals surface area contributed by atoms with Gasteiger partial charge in [-0.15, -0.1) is 0 Å². The van der Waals surface area contributed by atoms with E-state index >= 15 is 0 Å². The number of nitrogens with one attached hydrogen (secondary N) is 1. The van der Waals surface area contributed by atoms with Crippen LogP contribution in [0.3, 0.4) is 0 Å². The van der Waals surface area contributed by atoms with Crippen LogP contribution in [-0.2, 0) is 6.61 Å². The van der Waals surface area contributed by atoms with Crippen LogP contribution in [0, 0.1) is 4.77 Å². The minimum Gasteiger partial charge on any atom is -0.508 e. The minimum atomic E-state index is -0.0872. The van der Waals surface area contributed by atoms with Crippen molar-refractivity contribution < 1.29 is 14.9 Å². The summed E-state index contributed by atoms with van der Waals surface area (Å²) in [4.78, 5) is 0. The topological polar surface area (TPSA) is 95.7 Å². The molecule has 8 heteroatoms. The zero-order valence-electron chi connectivity index (χ0n) is 12.5. The van der Waals surface area contributed by atoms with Gasteiger partial charge in [0.25, 0.3) is 0 Å². The molecule has 24 heavy (non-hydrogen) atoms. The van der Waals surface area contributed by atoms with Crippen molar-refractivity contribution in [2.45, 2.75) is 6.61 Å². The Morgan fingerprint density at radius 2 is 2.00 bits per heavy atom. The first-order chi connectivity index (χ1) is 11.6. The lowest BCUT2D eigenvalue weighted by Gasteiger charge is -2.05. The summed E-state index contributed by atoms with van der Waals surface area (Å²) in [6.07, 6.45) is 1.42. The molecule has 3 aromatic rings. The molecule has 0 amide bonds. The highest BCUT2D eigenvalue weighted by molar-refractivity contribution is 7.71. The number of aromatic amines is 1. The number of nitrogens with zero attached hydrogens (tertiary/aromatic N) is 3. The highest BCUT2D eigenvalue weighted by Crippen LogP contribution is 2.21. The van der Waals surface area contributed by atoms with Gasteiger partial charge in [-0.2, -0.15) is 14.9 Å². The SMILES string of the molecule is Oc1ccc(/C=N\n2c(COc3ccccc3)n[nH]c2=S)c(O)c1. The largest absolute Gasteiger partial charge is 0.508 e. The van der Waals surface area contributed by atoms with Crippen LogP contribution >= 0.6 is 12.2 Å². The molecule has 122 valence electrons. The highest BCUT2D eigenvalue weighted by atomic mass is 32.1. The van der Waals surface area contributed by atoms with Gasteiger partial charge in [0, 0.05) is 11.6 Å². The fourth-order valence-corrected chi connectivity index (χ4v) is 2.16. The summed E-state index contributed by atoms with van der Waals surface area (Å²) in [6, 6.07) is 13.5. The number of aromatic hydroxyl groups is 2. The predicted molar refractivity (Wildman–Crippen MR) is 90.9 cm³/mol. The average molecular weight is 342 g/mol. The lowest BCUT2D eigenvalue weighted by Crippen LogP contribution is -2.04. The first-order valence-corrected chi connectivity index (χ1v) is 7.45. The molecule has 3 rings (SSSR count). The van der Waals surface area contributed by atoms with Gasteiger partial charge in [0.1, 0.15) is 23.9 Å². The van der Waals surface area contributed by atoms with E-state index in [0.717, 1.165) is 0 Å². The molecule has 0 aliphatic rings. The molecule has 0 fully saturated rings. The zero-order chi connectivity index (χ0) is 16.9. The maximum atomic E-state index is 9.78. The lowest BCUT2D eigenvalue weighted by atomic mass is 10.2. The molecule has 0 aliphatic heterocycles. The van der Waals surface area contributed by atoms with Crippen molar-refractivity contribution in [3.63, 3.8) is 0 Å². The van der Waals surface area contributed by atoms with Crippen molar-refractivity contribution in [2.24, 2.45) is 5.10 Å². The maximum Gasteiger partial charge on any atom is 0.216 e. The summed E-state index contributed by atoms with van der Waals surface area (Å²) >= 11 is 5.15. The summed E-state index contributed by atoms with van der Waals surface area (Å²) in [7, 11) is 0. The number of aromatic nitrogens is 3. The van der Waals surface area contributed by atoms with Crippen molar-refractivity contribution in [3.05, 3.63) is 64.7 Å². The average Bonchev–Trinajstić information content (AvgIpc) is 2.93. The van der Waals surface area contributed by atoms with Gasteiger partial charge >= 0.3 is 0 Å². The predicted octanol–water partition coefficient (Wildman–Crippen LogP) is 2.81. The molecule has 0 bridgehead atoms. The fourth-order valence-electron chi connectivity index (χ4n) is 1.96. The zero-order valence-corrected chi connectivity index (χ0v) is 13.3. The van der Waals surface area contributed by atoms with E-state index in [2.05, 4.69) is 15.3 Å². The second-order valence-electron chi connectivity index (χ2n) is 4.85. The third-order valence-electron chi connectivity index (χ3n) is 3.15. The Hall–Kier alpha value is -3.13. The molecule has 0 radical (unpaired) electrons. The molecule has 7 nitrogen and oxygen atoms in total. The smallest absolute Gasteiger partial charge is 0.216 e. The fraction of sp³-hybridized carbons (Fsp3) is 0.0625. The Morgan fingerprint density at radius 1 is 1.21 bits per heavy atom.